The summed E-state index contributed by atoms with van der Waals surface area (Å²) < 4.78 is 0. The Labute approximate surface area is 111 Å². The fourth-order valence-electron chi connectivity index (χ4n) is 2.32. The Morgan fingerprint density at radius 1 is 1.50 bits per heavy atom. The highest BCUT2D eigenvalue weighted by Crippen LogP contribution is 2.26. The largest absolute Gasteiger partial charge is 0.506 e. The molecule has 1 aliphatic rings. The van der Waals surface area contributed by atoms with Crippen molar-refractivity contribution in [2.24, 2.45) is 5.73 Å². The van der Waals surface area contributed by atoms with E-state index in [1.54, 1.807) is 6.07 Å². The van der Waals surface area contributed by atoms with Crippen molar-refractivity contribution in [3.8, 4) is 5.75 Å². The van der Waals surface area contributed by atoms with E-state index in [1.165, 1.54) is 12.1 Å². The minimum atomic E-state index is -0.0629. The van der Waals surface area contributed by atoms with Crippen LogP contribution in [0.2, 0.25) is 5.02 Å². The van der Waals surface area contributed by atoms with Crippen molar-refractivity contribution in [1.29, 1.82) is 0 Å². The Kier molecular flexibility index (Phi) is 4.09. The minimum absolute atomic E-state index is 0.0118. The number of phenolic OH excluding ortho intramolecular Hbond substituents is 1. The molecule has 0 saturated carbocycles. The Bertz CT molecular complexity index is 451. The topological polar surface area (TPSA) is 66.6 Å². The average Bonchev–Trinajstić information content (AvgIpc) is 2.41. The zero-order chi connectivity index (χ0) is 13.1. The fourth-order valence-corrected chi connectivity index (χ4v) is 2.50. The first-order chi connectivity index (χ1) is 8.63. The van der Waals surface area contributed by atoms with Gasteiger partial charge in [0.1, 0.15) is 5.75 Å². The highest BCUT2D eigenvalue weighted by molar-refractivity contribution is 6.32. The summed E-state index contributed by atoms with van der Waals surface area (Å²) in [6.45, 7) is 1.22. The second-order valence-electron chi connectivity index (χ2n) is 4.55. The van der Waals surface area contributed by atoms with E-state index >= 15 is 0 Å². The number of aromatic hydroxyl groups is 1. The summed E-state index contributed by atoms with van der Waals surface area (Å²) >= 11 is 5.82. The van der Waals surface area contributed by atoms with Crippen LogP contribution in [0.1, 0.15) is 29.6 Å². The van der Waals surface area contributed by atoms with Crippen LogP contribution in [0, 0.1) is 0 Å². The molecule has 3 N–H and O–H groups in total. The molecule has 2 rings (SSSR count). The van der Waals surface area contributed by atoms with E-state index in [2.05, 4.69) is 0 Å². The molecule has 1 heterocycles. The van der Waals surface area contributed by atoms with Gasteiger partial charge >= 0.3 is 0 Å². The zero-order valence-electron chi connectivity index (χ0n) is 10.1. The van der Waals surface area contributed by atoms with Crippen LogP contribution in [0.15, 0.2) is 18.2 Å². The van der Waals surface area contributed by atoms with Crippen LogP contribution in [0.25, 0.3) is 0 Å². The van der Waals surface area contributed by atoms with Gasteiger partial charge in [0.2, 0.25) is 0 Å². The Hall–Kier alpha value is -1.26. The molecule has 1 amide bonds. The first-order valence-electron chi connectivity index (χ1n) is 6.13. The lowest BCUT2D eigenvalue weighted by atomic mass is 10.0. The Balaban J connectivity index is 2.21. The van der Waals surface area contributed by atoms with Gasteiger partial charge in [-0.3, -0.25) is 4.79 Å². The second-order valence-corrected chi connectivity index (χ2v) is 4.96. The molecule has 1 unspecified atom stereocenters. The van der Waals surface area contributed by atoms with Gasteiger partial charge in [0.25, 0.3) is 5.91 Å². The number of phenols is 1. The molecule has 5 heteroatoms. The molecular formula is C13H17ClN2O2. The number of hydrogen-bond donors (Lipinski definition) is 2. The van der Waals surface area contributed by atoms with E-state index in [1.807, 2.05) is 4.90 Å². The number of carbonyl (C=O) groups is 1. The number of hydrogen-bond acceptors (Lipinski definition) is 3. The van der Waals surface area contributed by atoms with Gasteiger partial charge in [0, 0.05) is 24.7 Å². The Morgan fingerprint density at radius 3 is 2.94 bits per heavy atom. The summed E-state index contributed by atoms with van der Waals surface area (Å²) in [6, 6.07) is 4.64. The fraction of sp³-hybridized carbons (Fsp3) is 0.462. The summed E-state index contributed by atoms with van der Waals surface area (Å²) in [5.74, 6) is -0.0747. The lowest BCUT2D eigenvalue weighted by molar-refractivity contribution is 0.0623. The molecule has 1 aromatic rings. The quantitative estimate of drug-likeness (QED) is 0.862. The van der Waals surface area contributed by atoms with Gasteiger partial charge in [0.15, 0.2) is 0 Å². The van der Waals surface area contributed by atoms with Crippen molar-refractivity contribution >= 4 is 17.5 Å². The first kappa shape index (κ1) is 13.2. The van der Waals surface area contributed by atoms with Gasteiger partial charge in [-0.15, -0.1) is 0 Å². The van der Waals surface area contributed by atoms with Crippen LogP contribution in [0.3, 0.4) is 0 Å². The number of rotatable bonds is 2. The van der Waals surface area contributed by atoms with Crippen LogP contribution in [0.4, 0.5) is 0 Å². The standard InChI is InChI=1S/C13H17ClN2O2/c14-11-7-9(4-5-12(11)17)13(18)16-6-2-1-3-10(16)8-15/h4-5,7,10,17H,1-3,6,8,15H2. The van der Waals surface area contributed by atoms with Crippen molar-refractivity contribution in [3.63, 3.8) is 0 Å². The monoisotopic (exact) mass is 268 g/mol. The van der Waals surface area contributed by atoms with Gasteiger partial charge in [0.05, 0.1) is 5.02 Å². The van der Waals surface area contributed by atoms with Crippen molar-refractivity contribution in [3.05, 3.63) is 28.8 Å². The van der Waals surface area contributed by atoms with Crippen molar-refractivity contribution in [2.75, 3.05) is 13.1 Å². The van der Waals surface area contributed by atoms with Crippen LogP contribution in [-0.2, 0) is 0 Å². The van der Waals surface area contributed by atoms with Crippen molar-refractivity contribution in [1.82, 2.24) is 4.90 Å². The predicted molar refractivity (Wildman–Crippen MR) is 70.8 cm³/mol. The number of piperidine rings is 1. The summed E-state index contributed by atoms with van der Waals surface area (Å²) in [7, 11) is 0. The van der Waals surface area contributed by atoms with Gasteiger partial charge < -0.3 is 15.7 Å². The van der Waals surface area contributed by atoms with E-state index in [-0.39, 0.29) is 22.7 Å². The zero-order valence-corrected chi connectivity index (χ0v) is 10.9. The van der Waals surface area contributed by atoms with Crippen LogP contribution >= 0.6 is 11.6 Å². The van der Waals surface area contributed by atoms with Crippen molar-refractivity contribution in [2.45, 2.75) is 25.3 Å². The van der Waals surface area contributed by atoms with Crippen LogP contribution < -0.4 is 5.73 Å². The summed E-state index contributed by atoms with van der Waals surface area (Å²) in [5, 5.41) is 9.55. The maximum absolute atomic E-state index is 12.4. The lowest BCUT2D eigenvalue weighted by Crippen LogP contribution is -2.47. The number of amides is 1. The molecule has 1 atom stereocenters. The minimum Gasteiger partial charge on any atom is -0.506 e. The normalized spacial score (nSPS) is 19.9. The van der Waals surface area contributed by atoms with Gasteiger partial charge in [-0.25, -0.2) is 0 Å². The highest BCUT2D eigenvalue weighted by Gasteiger charge is 2.26. The molecule has 0 aliphatic carbocycles. The van der Waals surface area contributed by atoms with E-state index in [0.717, 1.165) is 25.8 Å². The molecule has 4 nitrogen and oxygen atoms in total. The maximum Gasteiger partial charge on any atom is 0.254 e. The molecule has 1 saturated heterocycles. The maximum atomic E-state index is 12.4. The third-order valence-corrected chi connectivity index (χ3v) is 3.66. The van der Waals surface area contributed by atoms with E-state index in [9.17, 15) is 9.90 Å². The molecule has 0 aromatic heterocycles. The molecule has 0 spiro atoms. The molecule has 1 fully saturated rings. The third-order valence-electron chi connectivity index (χ3n) is 3.35. The van der Waals surface area contributed by atoms with Gasteiger partial charge in [-0.2, -0.15) is 0 Å². The number of nitrogens with zero attached hydrogens (tertiary/aromatic N) is 1. The average molecular weight is 269 g/mol. The molecule has 1 aliphatic heterocycles. The van der Waals surface area contributed by atoms with Gasteiger partial charge in [-0.1, -0.05) is 11.6 Å². The lowest BCUT2D eigenvalue weighted by Gasteiger charge is -2.35. The third kappa shape index (κ3) is 2.60. The van der Waals surface area contributed by atoms with Gasteiger partial charge in [-0.05, 0) is 37.5 Å². The molecule has 1 aromatic carbocycles. The number of likely N-dealkylation sites (tertiary alicyclic amines) is 1. The molecule has 18 heavy (non-hydrogen) atoms. The second kappa shape index (κ2) is 5.59. The molecule has 98 valence electrons. The highest BCUT2D eigenvalue weighted by atomic mass is 35.5. The molecular weight excluding hydrogens is 252 g/mol. The van der Waals surface area contributed by atoms with E-state index in [4.69, 9.17) is 17.3 Å². The number of benzene rings is 1. The SMILES string of the molecule is NCC1CCCCN1C(=O)c1ccc(O)c(Cl)c1. The predicted octanol–water partition coefficient (Wildman–Crippen LogP) is 2.00. The van der Waals surface area contributed by atoms with Crippen molar-refractivity contribution < 1.29 is 9.90 Å². The van der Waals surface area contributed by atoms with Crippen LogP contribution in [-0.4, -0.2) is 35.0 Å². The summed E-state index contributed by atoms with van der Waals surface area (Å²) in [5.41, 5.74) is 6.20. The van der Waals surface area contributed by atoms with Crippen LogP contribution in [0.5, 0.6) is 5.75 Å². The Morgan fingerprint density at radius 2 is 2.28 bits per heavy atom. The number of halogens is 1. The number of nitrogens with two attached hydrogens (primary N) is 1. The van der Waals surface area contributed by atoms with E-state index in [0.29, 0.717) is 12.1 Å². The number of carbonyl (C=O) groups excluding carboxylic acids is 1. The first-order valence-corrected chi connectivity index (χ1v) is 6.51. The summed E-state index contributed by atoms with van der Waals surface area (Å²) in [4.78, 5) is 14.2. The van der Waals surface area contributed by atoms with E-state index < -0.39 is 0 Å². The molecule has 0 radical (unpaired) electrons. The molecule has 0 bridgehead atoms. The smallest absolute Gasteiger partial charge is 0.254 e. The summed E-state index contributed by atoms with van der Waals surface area (Å²) in [6.07, 6.45) is 3.07.